The van der Waals surface area contributed by atoms with E-state index in [9.17, 15) is 18.0 Å². The van der Waals surface area contributed by atoms with E-state index < -0.39 is 21.7 Å². The number of carbonyl (C=O) groups is 2. The van der Waals surface area contributed by atoms with Crippen LogP contribution >= 0.6 is 0 Å². The Hall–Kier alpha value is -3.21. The van der Waals surface area contributed by atoms with Crippen molar-refractivity contribution in [2.24, 2.45) is 5.73 Å². The Kier molecular flexibility index (Phi) is 6.48. The lowest BCUT2D eigenvalue weighted by molar-refractivity contribution is -0.129. The smallest absolute Gasteiger partial charge is 0.304 e. The number of aromatic nitrogens is 1. The average molecular weight is 484 g/mol. The van der Waals surface area contributed by atoms with Gasteiger partial charge >= 0.3 is 10.2 Å². The molecule has 1 aliphatic heterocycles. The normalized spacial score (nSPS) is 16.8. The topological polar surface area (TPSA) is 137 Å². The highest BCUT2D eigenvalue weighted by atomic mass is 32.2. The van der Waals surface area contributed by atoms with Crippen molar-refractivity contribution in [1.82, 2.24) is 19.3 Å². The summed E-state index contributed by atoms with van der Waals surface area (Å²) in [5, 5.41) is 3.81. The maximum Gasteiger partial charge on any atom is 0.304 e. The molecule has 0 unspecified atom stereocenters. The maximum atomic E-state index is 12.9. The summed E-state index contributed by atoms with van der Waals surface area (Å²) in [6.07, 6.45) is 0.857. The fourth-order valence-electron chi connectivity index (χ4n) is 4.21. The monoisotopic (exact) mass is 483 g/mol. The maximum absolute atomic E-state index is 12.9. The van der Waals surface area contributed by atoms with Crippen LogP contribution in [0.25, 0.3) is 10.9 Å². The minimum Gasteiger partial charge on any atom is -0.350 e. The second-order valence-corrected chi connectivity index (χ2v) is 10.5. The third-order valence-corrected chi connectivity index (χ3v) is 7.62. The van der Waals surface area contributed by atoms with Gasteiger partial charge in [0.15, 0.2) is 0 Å². The number of carbonyl (C=O) groups excluding carboxylic acids is 2. The van der Waals surface area contributed by atoms with Gasteiger partial charge in [0.2, 0.25) is 0 Å². The number of aromatic amines is 1. The van der Waals surface area contributed by atoms with Gasteiger partial charge in [-0.1, -0.05) is 36.4 Å². The number of amides is 2. The molecule has 10 heteroatoms. The number of hydrogen-bond donors (Lipinski definition) is 4. The molecule has 180 valence electrons. The van der Waals surface area contributed by atoms with Crippen LogP contribution < -0.4 is 15.8 Å². The molecule has 1 saturated heterocycles. The Morgan fingerprint density at radius 3 is 2.47 bits per heavy atom. The third kappa shape index (κ3) is 4.70. The van der Waals surface area contributed by atoms with Crippen LogP contribution in [-0.4, -0.2) is 48.1 Å². The zero-order chi connectivity index (χ0) is 24.5. The molecule has 0 spiro atoms. The molecule has 0 atom stereocenters. The Bertz CT molecular complexity index is 1330. The van der Waals surface area contributed by atoms with E-state index >= 15 is 0 Å². The lowest BCUT2D eigenvalue weighted by Gasteiger charge is -2.15. The van der Waals surface area contributed by atoms with E-state index in [0.717, 1.165) is 31.9 Å². The number of nitrogens with one attached hydrogen (secondary N) is 3. The molecule has 0 aliphatic carbocycles. The molecular formula is C24H29N5O4S. The van der Waals surface area contributed by atoms with Crippen LogP contribution in [-0.2, 0) is 34.4 Å². The van der Waals surface area contributed by atoms with Gasteiger partial charge in [-0.2, -0.15) is 13.1 Å². The molecule has 3 aromatic rings. The number of H-pyrrole nitrogens is 1. The number of hydrogen-bond acceptors (Lipinski definition) is 5. The lowest BCUT2D eigenvalue weighted by atomic mass is 10.0. The second kappa shape index (κ2) is 9.21. The van der Waals surface area contributed by atoms with Crippen molar-refractivity contribution in [3.05, 3.63) is 70.9 Å². The van der Waals surface area contributed by atoms with Gasteiger partial charge in [-0.25, -0.2) is 4.31 Å². The molecule has 1 fully saturated rings. The summed E-state index contributed by atoms with van der Waals surface area (Å²) in [5.74, 6) is -0.691. The number of benzene rings is 2. The summed E-state index contributed by atoms with van der Waals surface area (Å²) in [6.45, 7) is 3.90. The van der Waals surface area contributed by atoms with Gasteiger partial charge in [0, 0.05) is 24.0 Å². The molecule has 2 heterocycles. The number of fused-ring (bicyclic) bond motifs is 1. The standard InChI is InChI=1S/C24H29N5O4S/c1-24(2)23(31)29(34(32,33)28-24)13-11-16-8-9-20-19(14-16)18(10-12-25)21(27-20)22(30)26-15-17-6-4-3-5-7-17/h3-9,14,27-28H,10-13,15,25H2,1-2H3,(H,26,30). The third-order valence-electron chi connectivity index (χ3n) is 5.93. The largest absolute Gasteiger partial charge is 0.350 e. The Morgan fingerprint density at radius 2 is 1.82 bits per heavy atom. The number of rotatable bonds is 8. The predicted molar refractivity (Wildman–Crippen MR) is 130 cm³/mol. The summed E-state index contributed by atoms with van der Waals surface area (Å²) in [7, 11) is -3.85. The van der Waals surface area contributed by atoms with E-state index in [1.165, 1.54) is 0 Å². The minimum absolute atomic E-state index is 0.0319. The fourth-order valence-corrected chi connectivity index (χ4v) is 5.83. The first kappa shape index (κ1) is 23.9. The Labute approximate surface area is 198 Å². The molecule has 1 aliphatic rings. The molecule has 2 aromatic carbocycles. The molecule has 4 rings (SSSR count). The first-order valence-electron chi connectivity index (χ1n) is 11.1. The van der Waals surface area contributed by atoms with E-state index in [4.69, 9.17) is 5.73 Å². The summed E-state index contributed by atoms with van der Waals surface area (Å²) in [6, 6.07) is 15.3. The molecule has 0 radical (unpaired) electrons. The van der Waals surface area contributed by atoms with Gasteiger partial charge in [-0.3, -0.25) is 9.59 Å². The van der Waals surface area contributed by atoms with Crippen LogP contribution in [0.3, 0.4) is 0 Å². The Balaban J connectivity index is 1.55. The van der Waals surface area contributed by atoms with Gasteiger partial charge < -0.3 is 16.0 Å². The van der Waals surface area contributed by atoms with E-state index in [0.29, 0.717) is 31.6 Å². The molecule has 34 heavy (non-hydrogen) atoms. The van der Waals surface area contributed by atoms with Gasteiger partial charge in [0.1, 0.15) is 11.2 Å². The predicted octanol–water partition coefficient (Wildman–Crippen LogP) is 1.60. The summed E-state index contributed by atoms with van der Waals surface area (Å²) < 4.78 is 27.9. The van der Waals surface area contributed by atoms with Gasteiger partial charge in [-0.05, 0) is 62.1 Å². The highest BCUT2D eigenvalue weighted by Crippen LogP contribution is 2.26. The quantitative estimate of drug-likeness (QED) is 0.386. The van der Waals surface area contributed by atoms with Crippen LogP contribution in [0.2, 0.25) is 0 Å². The van der Waals surface area contributed by atoms with Crippen LogP contribution in [0.1, 0.15) is 41.0 Å². The van der Waals surface area contributed by atoms with Gasteiger partial charge in [0.25, 0.3) is 11.8 Å². The minimum atomic E-state index is -3.85. The SMILES string of the molecule is CC1(C)NS(=O)(=O)N(CCc2ccc3[nH]c(C(=O)NCc4ccccc4)c(CCN)c3c2)C1=O. The van der Waals surface area contributed by atoms with Crippen molar-refractivity contribution in [2.75, 3.05) is 13.1 Å². The number of nitrogens with zero attached hydrogens (tertiary/aromatic N) is 1. The Morgan fingerprint density at radius 1 is 1.09 bits per heavy atom. The van der Waals surface area contributed by atoms with Crippen molar-refractivity contribution < 1.29 is 18.0 Å². The van der Waals surface area contributed by atoms with Gasteiger partial charge in [0.05, 0.1) is 0 Å². The molecule has 0 saturated carbocycles. The fraction of sp³-hybridized carbons (Fsp3) is 0.333. The summed E-state index contributed by atoms with van der Waals surface area (Å²) in [4.78, 5) is 28.6. The van der Waals surface area contributed by atoms with Crippen molar-refractivity contribution in [3.8, 4) is 0 Å². The molecule has 5 N–H and O–H groups in total. The summed E-state index contributed by atoms with van der Waals surface area (Å²) in [5.41, 5.74) is 8.61. The average Bonchev–Trinajstić information content (AvgIpc) is 3.22. The first-order chi connectivity index (χ1) is 16.1. The molecule has 0 bridgehead atoms. The molecular weight excluding hydrogens is 454 g/mol. The van der Waals surface area contributed by atoms with Crippen LogP contribution in [0.15, 0.2) is 48.5 Å². The second-order valence-electron chi connectivity index (χ2n) is 8.92. The molecule has 9 nitrogen and oxygen atoms in total. The van der Waals surface area contributed by atoms with Crippen LogP contribution in [0.4, 0.5) is 0 Å². The highest BCUT2D eigenvalue weighted by molar-refractivity contribution is 7.88. The van der Waals surface area contributed by atoms with Crippen molar-refractivity contribution in [3.63, 3.8) is 0 Å². The van der Waals surface area contributed by atoms with E-state index in [1.807, 2.05) is 48.5 Å². The van der Waals surface area contributed by atoms with Crippen LogP contribution in [0.5, 0.6) is 0 Å². The zero-order valence-corrected chi connectivity index (χ0v) is 20.0. The lowest BCUT2D eigenvalue weighted by Crippen LogP contribution is -2.40. The van der Waals surface area contributed by atoms with E-state index in [2.05, 4.69) is 15.0 Å². The van der Waals surface area contributed by atoms with Crippen LogP contribution in [0, 0.1) is 0 Å². The van der Waals surface area contributed by atoms with Crippen molar-refractivity contribution in [2.45, 2.75) is 38.8 Å². The molecule has 2 amide bonds. The number of nitrogens with two attached hydrogens (primary N) is 1. The van der Waals surface area contributed by atoms with Crippen molar-refractivity contribution in [1.29, 1.82) is 0 Å². The van der Waals surface area contributed by atoms with Gasteiger partial charge in [-0.15, -0.1) is 0 Å². The van der Waals surface area contributed by atoms with E-state index in [-0.39, 0.29) is 12.5 Å². The zero-order valence-electron chi connectivity index (χ0n) is 19.2. The summed E-state index contributed by atoms with van der Waals surface area (Å²) >= 11 is 0. The highest BCUT2D eigenvalue weighted by Gasteiger charge is 2.48. The van der Waals surface area contributed by atoms with E-state index in [1.54, 1.807) is 13.8 Å². The molecule has 1 aromatic heterocycles. The van der Waals surface area contributed by atoms with Crippen molar-refractivity contribution >= 4 is 32.9 Å². The first-order valence-corrected chi connectivity index (χ1v) is 12.6.